The van der Waals surface area contributed by atoms with Crippen molar-refractivity contribution in [1.29, 1.82) is 0 Å². The van der Waals surface area contributed by atoms with Crippen LogP contribution >= 0.6 is 15.9 Å². The lowest BCUT2D eigenvalue weighted by Crippen LogP contribution is -2.31. The molecule has 4 nitrogen and oxygen atoms in total. The molecule has 0 spiro atoms. The number of carbonyl (C=O) groups excluding carboxylic acids is 1. The summed E-state index contributed by atoms with van der Waals surface area (Å²) in [6.07, 6.45) is 1.08. The molecule has 0 saturated carbocycles. The molecule has 23 heavy (non-hydrogen) atoms. The summed E-state index contributed by atoms with van der Waals surface area (Å²) in [6.45, 7) is 0.939. The lowest BCUT2D eigenvalue weighted by atomic mass is 10.1. The quantitative estimate of drug-likeness (QED) is 0.693. The number of ether oxygens (including phenoxy) is 1. The number of amides is 1. The molecule has 0 aliphatic carbocycles. The summed E-state index contributed by atoms with van der Waals surface area (Å²) in [6, 6.07) is 17.2. The van der Waals surface area contributed by atoms with Gasteiger partial charge < -0.3 is 15.8 Å². The Balaban J connectivity index is 1.63. The Labute approximate surface area is 145 Å². The van der Waals surface area contributed by atoms with E-state index in [1.54, 1.807) is 0 Å². The highest BCUT2D eigenvalue weighted by Crippen LogP contribution is 2.23. The lowest BCUT2D eigenvalue weighted by Gasteiger charge is -2.13. The second-order valence-corrected chi connectivity index (χ2v) is 6.06. The number of para-hydroxylation sites is 1. The van der Waals surface area contributed by atoms with Crippen LogP contribution in [0.1, 0.15) is 24.4 Å². The van der Waals surface area contributed by atoms with Gasteiger partial charge in [-0.25, -0.2) is 0 Å². The molecule has 0 saturated heterocycles. The van der Waals surface area contributed by atoms with Crippen LogP contribution in [-0.2, 0) is 4.79 Å². The minimum Gasteiger partial charge on any atom is -0.492 e. The molecule has 0 heterocycles. The Morgan fingerprint density at radius 3 is 2.57 bits per heavy atom. The van der Waals surface area contributed by atoms with Gasteiger partial charge in [-0.2, -0.15) is 0 Å². The van der Waals surface area contributed by atoms with Gasteiger partial charge in [-0.15, -0.1) is 0 Å². The molecule has 1 amide bonds. The number of nitrogens with two attached hydrogens (primary N) is 1. The summed E-state index contributed by atoms with van der Waals surface area (Å²) < 4.78 is 6.55. The van der Waals surface area contributed by atoms with Crippen LogP contribution < -0.4 is 15.8 Å². The average Bonchev–Trinajstić information content (AvgIpc) is 2.59. The first-order chi connectivity index (χ1) is 11.2. The zero-order chi connectivity index (χ0) is 16.5. The number of carbonyl (C=O) groups is 1. The van der Waals surface area contributed by atoms with Crippen LogP contribution in [0.25, 0.3) is 0 Å². The third-order valence-electron chi connectivity index (χ3n) is 3.39. The van der Waals surface area contributed by atoms with Crippen molar-refractivity contribution in [1.82, 2.24) is 5.32 Å². The maximum absolute atomic E-state index is 11.8. The van der Waals surface area contributed by atoms with Gasteiger partial charge in [0.15, 0.2) is 0 Å². The van der Waals surface area contributed by atoms with Crippen molar-refractivity contribution in [2.75, 3.05) is 13.2 Å². The van der Waals surface area contributed by atoms with Gasteiger partial charge >= 0.3 is 0 Å². The van der Waals surface area contributed by atoms with Crippen molar-refractivity contribution in [2.45, 2.75) is 18.9 Å². The molecular formula is C18H21BrN2O2. The molecule has 0 aliphatic heterocycles. The summed E-state index contributed by atoms with van der Waals surface area (Å²) in [5.41, 5.74) is 7.06. The maximum Gasteiger partial charge on any atom is 0.220 e. The molecule has 0 aromatic heterocycles. The van der Waals surface area contributed by atoms with Crippen LogP contribution in [0, 0.1) is 0 Å². The first kappa shape index (κ1) is 17.5. The average molecular weight is 377 g/mol. The van der Waals surface area contributed by atoms with Crippen molar-refractivity contribution < 1.29 is 9.53 Å². The SMILES string of the molecule is NC(CNC(=O)CCCOc1ccccc1Br)c1ccccc1. The summed E-state index contributed by atoms with van der Waals surface area (Å²) in [5, 5.41) is 2.86. The van der Waals surface area contributed by atoms with Crippen LogP contribution in [-0.4, -0.2) is 19.1 Å². The molecule has 0 fully saturated rings. The Kier molecular flexibility index (Phi) is 7.10. The van der Waals surface area contributed by atoms with E-state index in [1.807, 2.05) is 54.6 Å². The standard InChI is InChI=1S/C18H21BrN2O2/c19-15-9-4-5-10-17(15)23-12-6-11-18(22)21-13-16(20)14-7-2-1-3-8-14/h1-5,7-10,16H,6,11-13,20H2,(H,21,22). The minimum atomic E-state index is -0.184. The van der Waals surface area contributed by atoms with Gasteiger partial charge in [0.05, 0.1) is 11.1 Å². The van der Waals surface area contributed by atoms with E-state index in [9.17, 15) is 4.79 Å². The molecule has 3 N–H and O–H groups in total. The molecule has 1 atom stereocenters. The highest BCUT2D eigenvalue weighted by Gasteiger charge is 2.08. The van der Waals surface area contributed by atoms with Crippen LogP contribution in [0.4, 0.5) is 0 Å². The largest absolute Gasteiger partial charge is 0.492 e. The summed E-state index contributed by atoms with van der Waals surface area (Å²) in [7, 11) is 0. The van der Waals surface area contributed by atoms with E-state index in [1.165, 1.54) is 0 Å². The third kappa shape index (κ3) is 6.04. The Morgan fingerprint density at radius 1 is 1.13 bits per heavy atom. The summed E-state index contributed by atoms with van der Waals surface area (Å²) in [5.74, 6) is 0.783. The van der Waals surface area contributed by atoms with E-state index in [2.05, 4.69) is 21.2 Å². The van der Waals surface area contributed by atoms with Gasteiger partial charge in [-0.3, -0.25) is 4.79 Å². The van der Waals surface area contributed by atoms with Gasteiger partial charge in [0.25, 0.3) is 0 Å². The van der Waals surface area contributed by atoms with Crippen LogP contribution in [0.15, 0.2) is 59.1 Å². The molecule has 2 rings (SSSR count). The van der Waals surface area contributed by atoms with E-state index in [0.717, 1.165) is 15.8 Å². The number of hydrogen-bond acceptors (Lipinski definition) is 3. The first-order valence-corrected chi connectivity index (χ1v) is 8.40. The van der Waals surface area contributed by atoms with E-state index in [-0.39, 0.29) is 11.9 Å². The fraction of sp³-hybridized carbons (Fsp3) is 0.278. The zero-order valence-corrected chi connectivity index (χ0v) is 14.5. The second-order valence-electron chi connectivity index (χ2n) is 5.20. The zero-order valence-electron chi connectivity index (χ0n) is 12.9. The van der Waals surface area contributed by atoms with Crippen LogP contribution in [0.5, 0.6) is 5.75 Å². The smallest absolute Gasteiger partial charge is 0.220 e. The van der Waals surface area contributed by atoms with E-state index in [0.29, 0.717) is 26.0 Å². The lowest BCUT2D eigenvalue weighted by molar-refractivity contribution is -0.121. The van der Waals surface area contributed by atoms with Crippen molar-refractivity contribution >= 4 is 21.8 Å². The van der Waals surface area contributed by atoms with Crippen molar-refractivity contribution in [3.05, 3.63) is 64.6 Å². The number of benzene rings is 2. The Bertz CT molecular complexity index is 619. The Hall–Kier alpha value is -1.85. The second kappa shape index (κ2) is 9.33. The molecule has 2 aromatic rings. The normalized spacial score (nSPS) is 11.7. The van der Waals surface area contributed by atoms with Gasteiger partial charge in [0.2, 0.25) is 5.91 Å². The molecule has 5 heteroatoms. The predicted molar refractivity (Wildman–Crippen MR) is 95.3 cm³/mol. The molecule has 2 aromatic carbocycles. The monoisotopic (exact) mass is 376 g/mol. The fourth-order valence-electron chi connectivity index (χ4n) is 2.11. The van der Waals surface area contributed by atoms with Gasteiger partial charge in [0.1, 0.15) is 5.75 Å². The van der Waals surface area contributed by atoms with Gasteiger partial charge in [0, 0.05) is 19.0 Å². The molecule has 0 radical (unpaired) electrons. The molecule has 0 aliphatic rings. The first-order valence-electron chi connectivity index (χ1n) is 7.61. The van der Waals surface area contributed by atoms with Crippen molar-refractivity contribution in [3.63, 3.8) is 0 Å². The summed E-state index contributed by atoms with van der Waals surface area (Å²) >= 11 is 3.42. The fourth-order valence-corrected chi connectivity index (χ4v) is 2.51. The molecule has 1 unspecified atom stereocenters. The predicted octanol–water partition coefficient (Wildman–Crippen LogP) is 3.42. The number of rotatable bonds is 8. The molecule has 0 bridgehead atoms. The number of hydrogen-bond donors (Lipinski definition) is 2. The number of nitrogens with one attached hydrogen (secondary N) is 1. The maximum atomic E-state index is 11.8. The van der Waals surface area contributed by atoms with E-state index < -0.39 is 0 Å². The third-order valence-corrected chi connectivity index (χ3v) is 4.04. The highest BCUT2D eigenvalue weighted by molar-refractivity contribution is 9.10. The topological polar surface area (TPSA) is 64.3 Å². The highest BCUT2D eigenvalue weighted by atomic mass is 79.9. The molecule has 122 valence electrons. The van der Waals surface area contributed by atoms with E-state index in [4.69, 9.17) is 10.5 Å². The van der Waals surface area contributed by atoms with Crippen molar-refractivity contribution in [3.8, 4) is 5.75 Å². The minimum absolute atomic E-state index is 0.00731. The van der Waals surface area contributed by atoms with Gasteiger partial charge in [-0.05, 0) is 40.0 Å². The van der Waals surface area contributed by atoms with E-state index >= 15 is 0 Å². The van der Waals surface area contributed by atoms with Crippen LogP contribution in [0.2, 0.25) is 0 Å². The summed E-state index contributed by atoms with van der Waals surface area (Å²) in [4.78, 5) is 11.8. The van der Waals surface area contributed by atoms with Gasteiger partial charge in [-0.1, -0.05) is 42.5 Å². The molecular weight excluding hydrogens is 356 g/mol. The van der Waals surface area contributed by atoms with Crippen molar-refractivity contribution in [2.24, 2.45) is 5.73 Å². The number of halogens is 1. The van der Waals surface area contributed by atoms with Crippen LogP contribution in [0.3, 0.4) is 0 Å². The Morgan fingerprint density at radius 2 is 1.83 bits per heavy atom.